The van der Waals surface area contributed by atoms with E-state index < -0.39 is 0 Å². The molecule has 2 atom stereocenters. The van der Waals surface area contributed by atoms with Crippen LogP contribution in [-0.2, 0) is 4.74 Å². The second kappa shape index (κ2) is 7.46. The molecule has 1 saturated heterocycles. The zero-order valence-corrected chi connectivity index (χ0v) is 13.0. The zero-order chi connectivity index (χ0) is 13.6. The zero-order valence-electron chi connectivity index (χ0n) is 13.0. The first-order valence-corrected chi connectivity index (χ1v) is 7.44. The molecule has 0 radical (unpaired) electrons. The molecular weight excluding hydrogens is 224 g/mol. The fraction of sp³-hybridized carbons (Fsp3) is 1.00. The smallest absolute Gasteiger partial charge is 0.0724 e. The Kier molecular flexibility index (Phi) is 6.61. The highest BCUT2D eigenvalue weighted by Crippen LogP contribution is 2.23. The van der Waals surface area contributed by atoms with E-state index in [2.05, 4.69) is 37.9 Å². The van der Waals surface area contributed by atoms with Crippen molar-refractivity contribution in [3.8, 4) is 0 Å². The van der Waals surface area contributed by atoms with E-state index in [-0.39, 0.29) is 0 Å². The minimum absolute atomic E-state index is 0.341. The molecular formula is C15H32N2O. The molecule has 1 N–H and O–H groups in total. The van der Waals surface area contributed by atoms with Crippen LogP contribution in [0.15, 0.2) is 0 Å². The van der Waals surface area contributed by atoms with Gasteiger partial charge in [-0.25, -0.2) is 0 Å². The van der Waals surface area contributed by atoms with Crippen LogP contribution in [0.3, 0.4) is 0 Å². The van der Waals surface area contributed by atoms with Crippen molar-refractivity contribution < 1.29 is 4.74 Å². The monoisotopic (exact) mass is 256 g/mol. The molecule has 1 heterocycles. The summed E-state index contributed by atoms with van der Waals surface area (Å²) in [5.74, 6) is 0.701. The third kappa shape index (κ3) is 5.25. The van der Waals surface area contributed by atoms with E-state index in [1.165, 1.54) is 19.4 Å². The lowest BCUT2D eigenvalue weighted by Crippen LogP contribution is -2.49. The van der Waals surface area contributed by atoms with E-state index in [1.807, 2.05) is 7.11 Å². The highest BCUT2D eigenvalue weighted by atomic mass is 16.5. The largest absolute Gasteiger partial charge is 0.380 e. The highest BCUT2D eigenvalue weighted by Gasteiger charge is 2.29. The molecule has 2 unspecified atom stereocenters. The number of piperidine rings is 1. The van der Waals surface area contributed by atoms with Crippen LogP contribution in [0.4, 0.5) is 0 Å². The average molecular weight is 256 g/mol. The number of nitrogens with zero attached hydrogens (tertiary/aromatic N) is 1. The van der Waals surface area contributed by atoms with Gasteiger partial charge in [0.2, 0.25) is 0 Å². The number of rotatable bonds is 7. The van der Waals surface area contributed by atoms with Crippen LogP contribution < -0.4 is 5.32 Å². The van der Waals surface area contributed by atoms with Gasteiger partial charge < -0.3 is 15.0 Å². The first kappa shape index (κ1) is 15.9. The standard InChI is InChI=1S/C15H32N2O/c1-6-8-16-11-15(3,4)12-17-9-7-13(2)14(10-17)18-5/h13-14,16H,6-12H2,1-5H3. The topological polar surface area (TPSA) is 24.5 Å². The number of likely N-dealkylation sites (tertiary alicyclic amines) is 1. The summed E-state index contributed by atoms with van der Waals surface area (Å²) in [5, 5.41) is 3.54. The van der Waals surface area contributed by atoms with Gasteiger partial charge in [0.1, 0.15) is 0 Å². The van der Waals surface area contributed by atoms with E-state index in [1.54, 1.807) is 0 Å². The summed E-state index contributed by atoms with van der Waals surface area (Å²) in [6.07, 6.45) is 2.89. The van der Waals surface area contributed by atoms with Gasteiger partial charge in [-0.1, -0.05) is 27.7 Å². The Bertz CT molecular complexity index is 231. The predicted molar refractivity (Wildman–Crippen MR) is 78.0 cm³/mol. The summed E-state index contributed by atoms with van der Waals surface area (Å²) in [7, 11) is 1.85. The third-order valence-corrected chi connectivity index (χ3v) is 3.96. The number of ether oxygens (including phenoxy) is 1. The van der Waals surface area contributed by atoms with Crippen molar-refractivity contribution in [3.05, 3.63) is 0 Å². The van der Waals surface area contributed by atoms with E-state index >= 15 is 0 Å². The fourth-order valence-electron chi connectivity index (χ4n) is 2.81. The molecule has 0 spiro atoms. The molecule has 0 aromatic heterocycles. The van der Waals surface area contributed by atoms with Crippen LogP contribution in [0.2, 0.25) is 0 Å². The van der Waals surface area contributed by atoms with E-state index in [0.29, 0.717) is 17.4 Å². The SMILES string of the molecule is CCCNCC(C)(C)CN1CCC(C)C(OC)C1. The maximum absolute atomic E-state index is 5.59. The first-order chi connectivity index (χ1) is 8.48. The van der Waals surface area contributed by atoms with Crippen molar-refractivity contribution in [1.29, 1.82) is 0 Å². The van der Waals surface area contributed by atoms with Gasteiger partial charge in [0.25, 0.3) is 0 Å². The molecule has 3 heteroatoms. The van der Waals surface area contributed by atoms with Gasteiger partial charge in [0, 0.05) is 26.7 Å². The number of hydrogen-bond acceptors (Lipinski definition) is 3. The van der Waals surface area contributed by atoms with Gasteiger partial charge in [-0.2, -0.15) is 0 Å². The van der Waals surface area contributed by atoms with E-state index in [0.717, 1.165) is 26.2 Å². The Morgan fingerprint density at radius 3 is 2.72 bits per heavy atom. The second-order valence-electron chi connectivity index (χ2n) is 6.62. The van der Waals surface area contributed by atoms with Crippen molar-refractivity contribution in [3.63, 3.8) is 0 Å². The first-order valence-electron chi connectivity index (χ1n) is 7.44. The lowest BCUT2D eigenvalue weighted by Gasteiger charge is -2.40. The van der Waals surface area contributed by atoms with Crippen molar-refractivity contribution in [2.45, 2.75) is 46.6 Å². The molecule has 1 aliphatic heterocycles. The summed E-state index contributed by atoms with van der Waals surface area (Å²) in [4.78, 5) is 2.57. The Hall–Kier alpha value is -0.120. The molecule has 0 aromatic carbocycles. The quantitative estimate of drug-likeness (QED) is 0.708. The van der Waals surface area contributed by atoms with E-state index in [9.17, 15) is 0 Å². The molecule has 108 valence electrons. The van der Waals surface area contributed by atoms with Crippen molar-refractivity contribution in [2.24, 2.45) is 11.3 Å². The molecule has 18 heavy (non-hydrogen) atoms. The molecule has 1 fully saturated rings. The summed E-state index contributed by atoms with van der Waals surface area (Å²) in [6.45, 7) is 14.9. The Labute approximate surface area is 113 Å². The minimum Gasteiger partial charge on any atom is -0.380 e. The molecule has 3 nitrogen and oxygen atoms in total. The van der Waals surface area contributed by atoms with Gasteiger partial charge >= 0.3 is 0 Å². The molecule has 0 amide bonds. The van der Waals surface area contributed by atoms with Gasteiger partial charge in [-0.15, -0.1) is 0 Å². The van der Waals surface area contributed by atoms with Gasteiger partial charge in [-0.05, 0) is 37.3 Å². The molecule has 0 bridgehead atoms. The molecule has 1 rings (SSSR count). The molecule has 0 aromatic rings. The Morgan fingerprint density at radius 1 is 1.39 bits per heavy atom. The van der Waals surface area contributed by atoms with Crippen LogP contribution in [0, 0.1) is 11.3 Å². The number of methoxy groups -OCH3 is 1. The van der Waals surface area contributed by atoms with E-state index in [4.69, 9.17) is 4.74 Å². The number of nitrogens with one attached hydrogen (secondary N) is 1. The molecule has 0 saturated carbocycles. The lowest BCUT2D eigenvalue weighted by atomic mass is 9.89. The summed E-state index contributed by atoms with van der Waals surface area (Å²) < 4.78 is 5.59. The molecule has 0 aliphatic carbocycles. The van der Waals surface area contributed by atoms with Crippen molar-refractivity contribution in [2.75, 3.05) is 39.8 Å². The maximum atomic E-state index is 5.59. The summed E-state index contributed by atoms with van der Waals surface area (Å²) in [6, 6.07) is 0. The highest BCUT2D eigenvalue weighted by molar-refractivity contribution is 4.83. The molecule has 1 aliphatic rings. The van der Waals surface area contributed by atoms with Gasteiger partial charge in [0.05, 0.1) is 6.10 Å². The van der Waals surface area contributed by atoms with Crippen LogP contribution in [0.5, 0.6) is 0 Å². The normalized spacial score (nSPS) is 26.5. The van der Waals surface area contributed by atoms with Gasteiger partial charge in [0.15, 0.2) is 0 Å². The fourth-order valence-corrected chi connectivity index (χ4v) is 2.81. The average Bonchev–Trinajstić information content (AvgIpc) is 2.31. The minimum atomic E-state index is 0.341. The summed E-state index contributed by atoms with van der Waals surface area (Å²) in [5.41, 5.74) is 0.341. The Morgan fingerprint density at radius 2 is 2.11 bits per heavy atom. The lowest BCUT2D eigenvalue weighted by molar-refractivity contribution is -0.0148. The van der Waals surface area contributed by atoms with Crippen LogP contribution in [0.1, 0.15) is 40.5 Å². The predicted octanol–water partition coefficient (Wildman–Crippen LogP) is 2.37. The van der Waals surface area contributed by atoms with Crippen LogP contribution in [0.25, 0.3) is 0 Å². The number of hydrogen-bond donors (Lipinski definition) is 1. The van der Waals surface area contributed by atoms with Crippen LogP contribution >= 0.6 is 0 Å². The Balaban J connectivity index is 2.36. The third-order valence-electron chi connectivity index (χ3n) is 3.96. The maximum Gasteiger partial charge on any atom is 0.0724 e. The van der Waals surface area contributed by atoms with Crippen LogP contribution in [-0.4, -0.2) is 50.8 Å². The van der Waals surface area contributed by atoms with Gasteiger partial charge in [-0.3, -0.25) is 0 Å². The summed E-state index contributed by atoms with van der Waals surface area (Å²) >= 11 is 0. The van der Waals surface area contributed by atoms with Crippen molar-refractivity contribution >= 4 is 0 Å². The van der Waals surface area contributed by atoms with Crippen molar-refractivity contribution in [1.82, 2.24) is 10.2 Å². The second-order valence-corrected chi connectivity index (χ2v) is 6.62.